The van der Waals surface area contributed by atoms with Crippen molar-refractivity contribution in [2.45, 2.75) is 46.0 Å². The minimum Gasteiger partial charge on any atom is -0.385 e. The Balaban J connectivity index is 1.50. The number of para-hydroxylation sites is 1. The normalized spacial score (nSPS) is 13.9. The molecule has 0 radical (unpaired) electrons. The number of anilines is 3. The Morgan fingerprint density at radius 3 is 2.44 bits per heavy atom. The van der Waals surface area contributed by atoms with Crippen molar-refractivity contribution in [3.8, 4) is 0 Å². The molecule has 0 unspecified atom stereocenters. The fourth-order valence-corrected chi connectivity index (χ4v) is 3.63. The van der Waals surface area contributed by atoms with Gasteiger partial charge in [0, 0.05) is 43.1 Å². The van der Waals surface area contributed by atoms with E-state index in [2.05, 4.69) is 59.7 Å². The molecule has 0 aromatic heterocycles. The fourth-order valence-electron chi connectivity index (χ4n) is 3.63. The van der Waals surface area contributed by atoms with E-state index in [1.807, 2.05) is 19.1 Å². The first kappa shape index (κ1) is 19.3. The molecule has 0 bridgehead atoms. The van der Waals surface area contributed by atoms with E-state index in [1.54, 1.807) is 0 Å². The standard InChI is InChI=1S/C23H31N3O/c1-17(2)21-8-6-7-18(3)23(21)25-22(27)13-14-24-19-9-11-20(12-10-19)26-15-4-5-16-26/h6-12,17,24H,4-5,13-16H2,1-3H3,(H,25,27). The van der Waals surface area contributed by atoms with Crippen LogP contribution in [0, 0.1) is 6.92 Å². The van der Waals surface area contributed by atoms with Gasteiger partial charge >= 0.3 is 0 Å². The molecule has 0 aliphatic carbocycles. The Morgan fingerprint density at radius 1 is 1.07 bits per heavy atom. The molecule has 2 aromatic carbocycles. The van der Waals surface area contributed by atoms with Gasteiger partial charge in [0.1, 0.15) is 0 Å². The molecule has 1 aliphatic rings. The average molecular weight is 366 g/mol. The monoisotopic (exact) mass is 365 g/mol. The lowest BCUT2D eigenvalue weighted by molar-refractivity contribution is -0.115. The van der Waals surface area contributed by atoms with Gasteiger partial charge in [0.05, 0.1) is 0 Å². The summed E-state index contributed by atoms with van der Waals surface area (Å²) in [5, 5.41) is 6.46. The fraction of sp³-hybridized carbons (Fsp3) is 0.435. The van der Waals surface area contributed by atoms with Gasteiger partial charge in [0.25, 0.3) is 0 Å². The molecular weight excluding hydrogens is 334 g/mol. The smallest absolute Gasteiger partial charge is 0.226 e. The van der Waals surface area contributed by atoms with Crippen LogP contribution >= 0.6 is 0 Å². The molecule has 1 fully saturated rings. The number of nitrogens with zero attached hydrogens (tertiary/aromatic N) is 1. The maximum Gasteiger partial charge on any atom is 0.226 e. The van der Waals surface area contributed by atoms with Crippen LogP contribution in [0.2, 0.25) is 0 Å². The Bertz CT molecular complexity index is 762. The Kier molecular flexibility index (Phi) is 6.38. The summed E-state index contributed by atoms with van der Waals surface area (Å²) in [6, 6.07) is 14.7. The highest BCUT2D eigenvalue weighted by Gasteiger charge is 2.13. The van der Waals surface area contributed by atoms with Gasteiger partial charge in [0.2, 0.25) is 5.91 Å². The predicted molar refractivity (Wildman–Crippen MR) is 115 cm³/mol. The quantitative estimate of drug-likeness (QED) is 0.712. The largest absolute Gasteiger partial charge is 0.385 e. The van der Waals surface area contributed by atoms with Crippen molar-refractivity contribution in [2.24, 2.45) is 0 Å². The first-order chi connectivity index (χ1) is 13.0. The van der Waals surface area contributed by atoms with Gasteiger partial charge in [-0.1, -0.05) is 32.0 Å². The van der Waals surface area contributed by atoms with Crippen molar-refractivity contribution in [3.63, 3.8) is 0 Å². The molecule has 1 amide bonds. The van der Waals surface area contributed by atoms with E-state index in [9.17, 15) is 4.79 Å². The lowest BCUT2D eigenvalue weighted by Gasteiger charge is -2.18. The van der Waals surface area contributed by atoms with Crippen LogP contribution in [0.4, 0.5) is 17.1 Å². The van der Waals surface area contributed by atoms with Crippen LogP contribution in [0.5, 0.6) is 0 Å². The first-order valence-electron chi connectivity index (χ1n) is 10.0. The highest BCUT2D eigenvalue weighted by molar-refractivity contribution is 5.92. The van der Waals surface area contributed by atoms with E-state index >= 15 is 0 Å². The first-order valence-corrected chi connectivity index (χ1v) is 10.0. The second-order valence-electron chi connectivity index (χ2n) is 7.66. The zero-order valence-corrected chi connectivity index (χ0v) is 16.7. The summed E-state index contributed by atoms with van der Waals surface area (Å²) in [4.78, 5) is 14.8. The molecule has 1 aliphatic heterocycles. The van der Waals surface area contributed by atoms with Gasteiger partial charge in [0.15, 0.2) is 0 Å². The van der Waals surface area contributed by atoms with Crippen molar-refractivity contribution in [3.05, 3.63) is 53.6 Å². The second kappa shape index (κ2) is 8.94. The van der Waals surface area contributed by atoms with Crippen molar-refractivity contribution < 1.29 is 4.79 Å². The number of rotatable bonds is 7. The average Bonchev–Trinajstić information content (AvgIpc) is 3.18. The van der Waals surface area contributed by atoms with Crippen molar-refractivity contribution in [1.29, 1.82) is 0 Å². The molecule has 27 heavy (non-hydrogen) atoms. The van der Waals surface area contributed by atoms with E-state index in [4.69, 9.17) is 0 Å². The summed E-state index contributed by atoms with van der Waals surface area (Å²) in [5.41, 5.74) is 5.61. The molecule has 0 saturated carbocycles. The van der Waals surface area contributed by atoms with Gasteiger partial charge in [-0.3, -0.25) is 4.79 Å². The van der Waals surface area contributed by atoms with Crippen LogP contribution in [0.1, 0.15) is 50.2 Å². The highest BCUT2D eigenvalue weighted by Crippen LogP contribution is 2.27. The topological polar surface area (TPSA) is 44.4 Å². The van der Waals surface area contributed by atoms with Crippen LogP contribution in [-0.2, 0) is 4.79 Å². The Hall–Kier alpha value is -2.49. The number of aryl methyl sites for hydroxylation is 1. The van der Waals surface area contributed by atoms with Crippen molar-refractivity contribution in [2.75, 3.05) is 35.2 Å². The highest BCUT2D eigenvalue weighted by atomic mass is 16.1. The molecule has 1 saturated heterocycles. The Morgan fingerprint density at radius 2 is 1.78 bits per heavy atom. The molecular formula is C23H31N3O. The van der Waals surface area contributed by atoms with E-state index in [0.29, 0.717) is 18.9 Å². The number of hydrogen-bond donors (Lipinski definition) is 2. The number of nitrogens with one attached hydrogen (secondary N) is 2. The molecule has 4 nitrogen and oxygen atoms in total. The molecule has 4 heteroatoms. The van der Waals surface area contributed by atoms with E-state index in [0.717, 1.165) is 30.0 Å². The predicted octanol–water partition coefficient (Wildman–Crippen LogP) is 5.16. The SMILES string of the molecule is Cc1cccc(C(C)C)c1NC(=O)CCNc1ccc(N2CCCC2)cc1. The second-order valence-corrected chi connectivity index (χ2v) is 7.66. The summed E-state index contributed by atoms with van der Waals surface area (Å²) < 4.78 is 0. The zero-order valence-electron chi connectivity index (χ0n) is 16.7. The third-order valence-corrected chi connectivity index (χ3v) is 5.21. The van der Waals surface area contributed by atoms with Crippen LogP contribution in [0.25, 0.3) is 0 Å². The van der Waals surface area contributed by atoms with Crippen LogP contribution in [-0.4, -0.2) is 25.5 Å². The number of benzene rings is 2. The van der Waals surface area contributed by atoms with Gasteiger partial charge < -0.3 is 15.5 Å². The third kappa shape index (κ3) is 5.03. The van der Waals surface area contributed by atoms with Crippen LogP contribution in [0.3, 0.4) is 0 Å². The summed E-state index contributed by atoms with van der Waals surface area (Å²) in [6.45, 7) is 9.28. The molecule has 0 spiro atoms. The summed E-state index contributed by atoms with van der Waals surface area (Å²) in [6.07, 6.45) is 3.02. The maximum absolute atomic E-state index is 12.4. The summed E-state index contributed by atoms with van der Waals surface area (Å²) in [5.74, 6) is 0.430. The summed E-state index contributed by atoms with van der Waals surface area (Å²) in [7, 11) is 0. The van der Waals surface area contributed by atoms with E-state index in [1.165, 1.54) is 24.1 Å². The van der Waals surface area contributed by atoms with E-state index in [-0.39, 0.29) is 5.91 Å². The van der Waals surface area contributed by atoms with Crippen molar-refractivity contribution >= 4 is 23.0 Å². The van der Waals surface area contributed by atoms with Crippen LogP contribution < -0.4 is 15.5 Å². The number of carbonyl (C=O) groups excluding carboxylic acids is 1. The Labute approximate surface area is 163 Å². The molecule has 3 rings (SSSR count). The summed E-state index contributed by atoms with van der Waals surface area (Å²) >= 11 is 0. The van der Waals surface area contributed by atoms with Gasteiger partial charge in [-0.15, -0.1) is 0 Å². The third-order valence-electron chi connectivity index (χ3n) is 5.21. The molecule has 0 atom stereocenters. The minimum absolute atomic E-state index is 0.0485. The van der Waals surface area contributed by atoms with Crippen molar-refractivity contribution in [1.82, 2.24) is 0 Å². The van der Waals surface area contributed by atoms with Crippen LogP contribution in [0.15, 0.2) is 42.5 Å². The minimum atomic E-state index is 0.0485. The van der Waals surface area contributed by atoms with E-state index < -0.39 is 0 Å². The number of carbonyl (C=O) groups is 1. The molecule has 2 aromatic rings. The number of amides is 1. The number of hydrogen-bond acceptors (Lipinski definition) is 3. The van der Waals surface area contributed by atoms with Gasteiger partial charge in [-0.05, 0) is 61.1 Å². The molecule has 144 valence electrons. The molecule has 1 heterocycles. The lowest BCUT2D eigenvalue weighted by Crippen LogP contribution is -2.18. The van der Waals surface area contributed by atoms with Gasteiger partial charge in [-0.25, -0.2) is 0 Å². The maximum atomic E-state index is 12.4. The van der Waals surface area contributed by atoms with Gasteiger partial charge in [-0.2, -0.15) is 0 Å². The lowest BCUT2D eigenvalue weighted by atomic mass is 9.98. The molecule has 2 N–H and O–H groups in total. The zero-order chi connectivity index (χ0) is 19.2.